The second-order valence-electron chi connectivity index (χ2n) is 4.73. The first kappa shape index (κ1) is 11.8. The van der Waals surface area contributed by atoms with Crippen molar-refractivity contribution in [1.82, 2.24) is 4.90 Å². The molecule has 1 saturated heterocycles. The van der Waals surface area contributed by atoms with Crippen LogP contribution in [0.4, 0.5) is 0 Å². The fourth-order valence-electron chi connectivity index (χ4n) is 1.96. The van der Waals surface area contributed by atoms with Gasteiger partial charge in [0.1, 0.15) is 0 Å². The van der Waals surface area contributed by atoms with Crippen molar-refractivity contribution in [1.29, 1.82) is 0 Å². The molecule has 1 heteroatoms. The SMILES string of the molecule is CC(C)=CCCC(C)[CH]N1CCCC1. The van der Waals surface area contributed by atoms with Crippen molar-refractivity contribution in [2.75, 3.05) is 13.1 Å². The Balaban J connectivity index is 2.09. The summed E-state index contributed by atoms with van der Waals surface area (Å²) in [4.78, 5) is 2.49. The van der Waals surface area contributed by atoms with Crippen LogP contribution in [0, 0.1) is 12.5 Å². The Morgan fingerprint density at radius 3 is 2.50 bits per heavy atom. The van der Waals surface area contributed by atoms with Crippen molar-refractivity contribution in [2.24, 2.45) is 5.92 Å². The van der Waals surface area contributed by atoms with Crippen LogP contribution in [0.15, 0.2) is 11.6 Å². The molecule has 1 rings (SSSR count). The van der Waals surface area contributed by atoms with Gasteiger partial charge in [0.15, 0.2) is 0 Å². The Hall–Kier alpha value is -0.300. The van der Waals surface area contributed by atoms with Crippen LogP contribution in [0.1, 0.15) is 46.5 Å². The predicted octanol–water partition coefficient (Wildman–Crippen LogP) is 3.63. The molecule has 1 atom stereocenters. The molecular formula is C13H24N. The molecule has 0 aromatic heterocycles. The maximum atomic E-state index is 2.49. The molecule has 0 aromatic carbocycles. The topological polar surface area (TPSA) is 3.24 Å². The van der Waals surface area contributed by atoms with E-state index in [1.807, 2.05) is 0 Å². The molecule has 0 aliphatic carbocycles. The van der Waals surface area contributed by atoms with E-state index in [0.717, 1.165) is 5.92 Å². The number of likely N-dealkylation sites (tertiary alicyclic amines) is 1. The molecule has 1 radical (unpaired) electrons. The second-order valence-corrected chi connectivity index (χ2v) is 4.73. The lowest BCUT2D eigenvalue weighted by molar-refractivity contribution is 0.351. The van der Waals surface area contributed by atoms with E-state index in [2.05, 4.69) is 38.3 Å². The number of allylic oxidation sites excluding steroid dienone is 2. The molecule has 1 unspecified atom stereocenters. The summed E-state index contributed by atoms with van der Waals surface area (Å²) in [5.41, 5.74) is 1.44. The minimum absolute atomic E-state index is 0.740. The molecule has 0 spiro atoms. The van der Waals surface area contributed by atoms with Gasteiger partial charge in [-0.25, -0.2) is 0 Å². The van der Waals surface area contributed by atoms with E-state index >= 15 is 0 Å². The van der Waals surface area contributed by atoms with E-state index in [0.29, 0.717) is 0 Å². The van der Waals surface area contributed by atoms with Crippen molar-refractivity contribution in [3.63, 3.8) is 0 Å². The lowest BCUT2D eigenvalue weighted by Gasteiger charge is -2.18. The zero-order valence-electron chi connectivity index (χ0n) is 9.92. The van der Waals surface area contributed by atoms with Gasteiger partial charge in [0, 0.05) is 6.54 Å². The van der Waals surface area contributed by atoms with Gasteiger partial charge < -0.3 is 0 Å². The van der Waals surface area contributed by atoms with Gasteiger partial charge in [0.2, 0.25) is 0 Å². The monoisotopic (exact) mass is 194 g/mol. The van der Waals surface area contributed by atoms with Crippen molar-refractivity contribution in [3.8, 4) is 0 Å². The third-order valence-corrected chi connectivity index (χ3v) is 2.78. The highest BCUT2D eigenvalue weighted by Gasteiger charge is 2.14. The molecule has 1 heterocycles. The van der Waals surface area contributed by atoms with Gasteiger partial charge >= 0.3 is 0 Å². The Bertz CT molecular complexity index is 174. The summed E-state index contributed by atoms with van der Waals surface area (Å²) >= 11 is 0. The summed E-state index contributed by atoms with van der Waals surface area (Å²) in [5.74, 6) is 0.740. The minimum Gasteiger partial charge on any atom is -0.299 e. The van der Waals surface area contributed by atoms with E-state index in [9.17, 15) is 0 Å². The molecule has 1 aliphatic heterocycles. The Labute approximate surface area is 89.2 Å². The molecule has 1 nitrogen and oxygen atoms in total. The van der Waals surface area contributed by atoms with Crippen LogP contribution in [0.5, 0.6) is 0 Å². The highest BCUT2D eigenvalue weighted by molar-refractivity contribution is 4.93. The van der Waals surface area contributed by atoms with Gasteiger partial charge in [0.25, 0.3) is 0 Å². The van der Waals surface area contributed by atoms with Crippen molar-refractivity contribution >= 4 is 0 Å². The molecule has 0 amide bonds. The molecular weight excluding hydrogens is 170 g/mol. The van der Waals surface area contributed by atoms with Gasteiger partial charge in [-0.15, -0.1) is 0 Å². The molecule has 1 aliphatic rings. The van der Waals surface area contributed by atoms with E-state index in [-0.39, 0.29) is 0 Å². The second kappa shape index (κ2) is 6.23. The average Bonchev–Trinajstić information content (AvgIpc) is 2.56. The quantitative estimate of drug-likeness (QED) is 0.604. The summed E-state index contributed by atoms with van der Waals surface area (Å²) < 4.78 is 0. The zero-order chi connectivity index (χ0) is 10.4. The van der Waals surface area contributed by atoms with Crippen LogP contribution in [0.3, 0.4) is 0 Å². The minimum atomic E-state index is 0.740. The Morgan fingerprint density at radius 2 is 1.93 bits per heavy atom. The maximum Gasteiger partial charge on any atom is 0.0279 e. The lowest BCUT2D eigenvalue weighted by atomic mass is 10.0. The van der Waals surface area contributed by atoms with Crippen LogP contribution >= 0.6 is 0 Å². The van der Waals surface area contributed by atoms with E-state index in [4.69, 9.17) is 0 Å². The molecule has 14 heavy (non-hydrogen) atoms. The summed E-state index contributed by atoms with van der Waals surface area (Å²) in [6.07, 6.45) is 7.64. The van der Waals surface area contributed by atoms with Crippen LogP contribution < -0.4 is 0 Å². The van der Waals surface area contributed by atoms with Gasteiger partial charge in [-0.05, 0) is 58.5 Å². The van der Waals surface area contributed by atoms with E-state index in [1.54, 1.807) is 0 Å². The maximum absolute atomic E-state index is 2.49. The molecule has 81 valence electrons. The molecule has 0 aromatic rings. The smallest absolute Gasteiger partial charge is 0.0279 e. The number of nitrogens with zero attached hydrogens (tertiary/aromatic N) is 1. The van der Waals surface area contributed by atoms with E-state index in [1.165, 1.54) is 44.3 Å². The van der Waals surface area contributed by atoms with Crippen molar-refractivity contribution < 1.29 is 0 Å². The third-order valence-electron chi connectivity index (χ3n) is 2.78. The van der Waals surface area contributed by atoms with Crippen molar-refractivity contribution in [2.45, 2.75) is 46.5 Å². The highest BCUT2D eigenvalue weighted by Crippen LogP contribution is 2.17. The normalized spacial score (nSPS) is 19.6. The van der Waals surface area contributed by atoms with Gasteiger partial charge in [-0.1, -0.05) is 18.6 Å². The van der Waals surface area contributed by atoms with Crippen LogP contribution in [0.25, 0.3) is 0 Å². The van der Waals surface area contributed by atoms with Gasteiger partial charge in [-0.3, -0.25) is 4.90 Å². The number of hydrogen-bond acceptors (Lipinski definition) is 1. The summed E-state index contributed by atoms with van der Waals surface area (Å²) in [6, 6.07) is 0. The summed E-state index contributed by atoms with van der Waals surface area (Å²) in [5, 5.41) is 0. The lowest BCUT2D eigenvalue weighted by Crippen LogP contribution is -2.19. The molecule has 0 bridgehead atoms. The molecule has 0 N–H and O–H groups in total. The first-order valence-electron chi connectivity index (χ1n) is 5.91. The van der Waals surface area contributed by atoms with Crippen LogP contribution in [-0.2, 0) is 0 Å². The van der Waals surface area contributed by atoms with Gasteiger partial charge in [-0.2, -0.15) is 0 Å². The third kappa shape index (κ3) is 4.80. The largest absolute Gasteiger partial charge is 0.299 e. The average molecular weight is 194 g/mol. The predicted molar refractivity (Wildman–Crippen MR) is 62.9 cm³/mol. The number of hydrogen-bond donors (Lipinski definition) is 0. The number of rotatable bonds is 5. The Morgan fingerprint density at radius 1 is 1.29 bits per heavy atom. The first-order valence-corrected chi connectivity index (χ1v) is 5.91. The highest BCUT2D eigenvalue weighted by atomic mass is 15.1. The molecule has 1 fully saturated rings. The van der Waals surface area contributed by atoms with E-state index < -0.39 is 0 Å². The van der Waals surface area contributed by atoms with Crippen LogP contribution in [-0.4, -0.2) is 18.0 Å². The molecule has 0 saturated carbocycles. The standard InChI is InChI=1S/C13H24N/c1-12(2)7-6-8-13(3)11-14-9-4-5-10-14/h7,11,13H,4-6,8-10H2,1-3H3. The van der Waals surface area contributed by atoms with Gasteiger partial charge in [0.05, 0.1) is 0 Å². The van der Waals surface area contributed by atoms with Crippen LogP contribution in [0.2, 0.25) is 0 Å². The fourth-order valence-corrected chi connectivity index (χ4v) is 1.96. The fraction of sp³-hybridized carbons (Fsp3) is 0.769. The summed E-state index contributed by atoms with van der Waals surface area (Å²) in [6.45, 7) is 11.7. The van der Waals surface area contributed by atoms with Crippen molar-refractivity contribution in [3.05, 3.63) is 18.2 Å². The Kier molecular flexibility index (Phi) is 5.24. The first-order chi connectivity index (χ1) is 6.68. The summed E-state index contributed by atoms with van der Waals surface area (Å²) in [7, 11) is 0. The zero-order valence-corrected chi connectivity index (χ0v) is 9.92.